The van der Waals surface area contributed by atoms with Gasteiger partial charge in [-0.15, -0.1) is 0 Å². The number of hydrogen-bond donors (Lipinski definition) is 0. The van der Waals surface area contributed by atoms with E-state index < -0.39 is 0 Å². The van der Waals surface area contributed by atoms with Gasteiger partial charge in [0.2, 0.25) is 0 Å². The second-order valence-electron chi connectivity index (χ2n) is 4.67. The first-order valence-corrected chi connectivity index (χ1v) is 6.52. The average molecular weight is 265 g/mol. The molecule has 0 aromatic heterocycles. The van der Waals surface area contributed by atoms with Crippen LogP contribution < -0.4 is 9.64 Å². The van der Waals surface area contributed by atoms with Gasteiger partial charge in [-0.2, -0.15) is 0 Å². The van der Waals surface area contributed by atoms with Gasteiger partial charge >= 0.3 is 0 Å². The van der Waals surface area contributed by atoms with Crippen molar-refractivity contribution in [2.45, 2.75) is 0 Å². The Balaban J connectivity index is 1.90. The molecule has 1 aliphatic rings. The predicted molar refractivity (Wildman–Crippen MR) is 80.1 cm³/mol. The molecule has 0 saturated heterocycles. The van der Waals surface area contributed by atoms with Crippen LogP contribution in [0.25, 0.3) is 6.08 Å². The molecule has 1 amide bonds. The van der Waals surface area contributed by atoms with Gasteiger partial charge in [0.25, 0.3) is 5.91 Å². The number of hydrogen-bond acceptors (Lipinski definition) is 2. The maximum atomic E-state index is 12.4. The quantitative estimate of drug-likeness (QED) is 0.833. The summed E-state index contributed by atoms with van der Waals surface area (Å²) in [5, 5.41) is 0. The first kappa shape index (κ1) is 12.5. The molecule has 0 aliphatic carbocycles. The molecule has 0 atom stereocenters. The smallest absolute Gasteiger partial charge is 0.258 e. The molecule has 0 unspecified atom stereocenters. The third-order valence-corrected chi connectivity index (χ3v) is 3.34. The standard InChI is InChI=1S/C17H15NO2/c1-18(17(19)13-6-3-2-4-7-13)15-9-10-16-14(12-15)8-5-11-20-16/h2-10,12H,11H2,1H3. The summed E-state index contributed by atoms with van der Waals surface area (Å²) in [6, 6.07) is 15.0. The normalized spacial score (nSPS) is 12.4. The summed E-state index contributed by atoms with van der Waals surface area (Å²) in [7, 11) is 1.78. The Morgan fingerprint density at radius 2 is 1.95 bits per heavy atom. The lowest BCUT2D eigenvalue weighted by Crippen LogP contribution is -2.26. The number of fused-ring (bicyclic) bond motifs is 1. The van der Waals surface area contributed by atoms with Gasteiger partial charge < -0.3 is 9.64 Å². The minimum atomic E-state index is -0.0220. The van der Waals surface area contributed by atoms with Crippen LogP contribution in [0.2, 0.25) is 0 Å². The highest BCUT2D eigenvalue weighted by molar-refractivity contribution is 6.05. The Morgan fingerprint density at radius 1 is 1.15 bits per heavy atom. The summed E-state index contributed by atoms with van der Waals surface area (Å²) in [6.07, 6.45) is 3.98. The fourth-order valence-electron chi connectivity index (χ4n) is 2.21. The number of anilines is 1. The van der Waals surface area contributed by atoms with Crippen LogP contribution in [0.1, 0.15) is 15.9 Å². The van der Waals surface area contributed by atoms with Crippen molar-refractivity contribution < 1.29 is 9.53 Å². The highest BCUT2D eigenvalue weighted by Gasteiger charge is 2.15. The Labute approximate surface area is 118 Å². The molecule has 3 rings (SSSR count). The minimum Gasteiger partial charge on any atom is -0.489 e. The SMILES string of the molecule is CN(C(=O)c1ccccc1)c1ccc2c(c1)C=CCO2. The molecule has 2 aromatic rings. The van der Waals surface area contributed by atoms with Crippen LogP contribution in [-0.2, 0) is 0 Å². The molecule has 20 heavy (non-hydrogen) atoms. The zero-order valence-electron chi connectivity index (χ0n) is 11.2. The van der Waals surface area contributed by atoms with Gasteiger partial charge in [0.1, 0.15) is 12.4 Å². The van der Waals surface area contributed by atoms with Gasteiger partial charge in [0.05, 0.1) is 0 Å². The number of rotatable bonds is 2. The van der Waals surface area contributed by atoms with Crippen molar-refractivity contribution in [3.05, 3.63) is 65.7 Å². The molecular weight excluding hydrogens is 250 g/mol. The molecule has 0 spiro atoms. The molecule has 0 N–H and O–H groups in total. The predicted octanol–water partition coefficient (Wildman–Crippen LogP) is 3.37. The van der Waals surface area contributed by atoms with E-state index in [1.165, 1.54) is 0 Å². The maximum absolute atomic E-state index is 12.4. The first-order chi connectivity index (χ1) is 9.75. The van der Waals surface area contributed by atoms with E-state index in [4.69, 9.17) is 4.74 Å². The molecule has 2 aromatic carbocycles. The van der Waals surface area contributed by atoms with Crippen molar-refractivity contribution in [2.24, 2.45) is 0 Å². The molecule has 0 fully saturated rings. The van der Waals surface area contributed by atoms with Crippen LogP contribution in [0.3, 0.4) is 0 Å². The largest absolute Gasteiger partial charge is 0.489 e. The molecule has 1 heterocycles. The van der Waals surface area contributed by atoms with Gasteiger partial charge in [-0.3, -0.25) is 4.79 Å². The van der Waals surface area contributed by atoms with E-state index in [0.29, 0.717) is 12.2 Å². The highest BCUT2D eigenvalue weighted by atomic mass is 16.5. The van der Waals surface area contributed by atoms with E-state index in [-0.39, 0.29) is 5.91 Å². The van der Waals surface area contributed by atoms with E-state index >= 15 is 0 Å². The number of benzene rings is 2. The van der Waals surface area contributed by atoms with Crippen molar-refractivity contribution in [1.29, 1.82) is 0 Å². The molecular formula is C17H15NO2. The van der Waals surface area contributed by atoms with Crippen molar-refractivity contribution in [3.8, 4) is 5.75 Å². The van der Waals surface area contributed by atoms with Crippen LogP contribution in [-0.4, -0.2) is 19.6 Å². The second kappa shape index (κ2) is 5.21. The topological polar surface area (TPSA) is 29.5 Å². The molecule has 1 aliphatic heterocycles. The number of carbonyl (C=O) groups excluding carboxylic acids is 1. The van der Waals surface area contributed by atoms with Crippen LogP contribution in [0.4, 0.5) is 5.69 Å². The fraction of sp³-hybridized carbons (Fsp3) is 0.118. The zero-order chi connectivity index (χ0) is 13.9. The van der Waals surface area contributed by atoms with Crippen molar-refractivity contribution in [2.75, 3.05) is 18.6 Å². The van der Waals surface area contributed by atoms with E-state index in [2.05, 4.69) is 0 Å². The summed E-state index contributed by atoms with van der Waals surface area (Å²) in [6.45, 7) is 0.602. The van der Waals surface area contributed by atoms with E-state index in [9.17, 15) is 4.79 Å². The summed E-state index contributed by atoms with van der Waals surface area (Å²) in [5.74, 6) is 0.836. The monoisotopic (exact) mass is 265 g/mol. The van der Waals surface area contributed by atoms with Gasteiger partial charge in [0, 0.05) is 23.9 Å². The Morgan fingerprint density at radius 3 is 2.75 bits per heavy atom. The van der Waals surface area contributed by atoms with Crippen LogP contribution in [0.5, 0.6) is 5.75 Å². The summed E-state index contributed by atoms with van der Waals surface area (Å²) >= 11 is 0. The highest BCUT2D eigenvalue weighted by Crippen LogP contribution is 2.28. The zero-order valence-corrected chi connectivity index (χ0v) is 11.2. The number of ether oxygens (including phenoxy) is 1. The first-order valence-electron chi connectivity index (χ1n) is 6.52. The molecule has 100 valence electrons. The van der Waals surface area contributed by atoms with Gasteiger partial charge in [0.15, 0.2) is 0 Å². The van der Waals surface area contributed by atoms with Crippen molar-refractivity contribution in [1.82, 2.24) is 0 Å². The van der Waals surface area contributed by atoms with Crippen molar-refractivity contribution in [3.63, 3.8) is 0 Å². The van der Waals surface area contributed by atoms with Crippen molar-refractivity contribution >= 4 is 17.7 Å². The second-order valence-corrected chi connectivity index (χ2v) is 4.67. The van der Waals surface area contributed by atoms with E-state index in [0.717, 1.165) is 17.0 Å². The van der Waals surface area contributed by atoms with Crippen LogP contribution in [0.15, 0.2) is 54.6 Å². The third kappa shape index (κ3) is 2.30. The van der Waals surface area contributed by atoms with Crippen LogP contribution >= 0.6 is 0 Å². The lowest BCUT2D eigenvalue weighted by Gasteiger charge is -2.20. The Kier molecular flexibility index (Phi) is 3.25. The molecule has 0 saturated carbocycles. The van der Waals surface area contributed by atoms with Gasteiger partial charge in [-0.25, -0.2) is 0 Å². The lowest BCUT2D eigenvalue weighted by molar-refractivity contribution is 0.0993. The summed E-state index contributed by atoms with van der Waals surface area (Å²) < 4.78 is 5.51. The average Bonchev–Trinajstić information content (AvgIpc) is 2.54. The van der Waals surface area contributed by atoms with Crippen LogP contribution in [0, 0.1) is 0 Å². The third-order valence-electron chi connectivity index (χ3n) is 3.34. The maximum Gasteiger partial charge on any atom is 0.258 e. The molecule has 0 bridgehead atoms. The van der Waals surface area contributed by atoms with E-state index in [1.54, 1.807) is 11.9 Å². The molecule has 3 nitrogen and oxygen atoms in total. The van der Waals surface area contributed by atoms with Gasteiger partial charge in [-0.05, 0) is 36.4 Å². The molecule has 3 heteroatoms. The van der Waals surface area contributed by atoms with Gasteiger partial charge in [-0.1, -0.05) is 24.3 Å². The number of amides is 1. The lowest BCUT2D eigenvalue weighted by atomic mass is 10.1. The van der Waals surface area contributed by atoms with E-state index in [1.807, 2.05) is 60.7 Å². The summed E-state index contributed by atoms with van der Waals surface area (Å²) in [4.78, 5) is 14.0. The minimum absolute atomic E-state index is 0.0220. The molecule has 0 radical (unpaired) electrons. The summed E-state index contributed by atoms with van der Waals surface area (Å²) in [5.41, 5.74) is 2.54. The fourth-order valence-corrected chi connectivity index (χ4v) is 2.21. The number of carbonyl (C=O) groups is 1. The number of nitrogens with zero attached hydrogens (tertiary/aromatic N) is 1. The Hall–Kier alpha value is -2.55. The Bertz CT molecular complexity index is 662.